The fourth-order valence-electron chi connectivity index (χ4n) is 1.74. The summed E-state index contributed by atoms with van der Waals surface area (Å²) in [5.74, 6) is -0.311. The second-order valence-electron chi connectivity index (χ2n) is 3.84. The standard InChI is InChI=1S/C11H18ClNO3/c1-2-16-10(14)6-8-13-7-4-3-5-9(12)11(13)15/h9H,2-8H2,1H3. The Kier molecular flexibility index (Phi) is 5.60. The molecule has 16 heavy (non-hydrogen) atoms. The molecule has 0 aromatic rings. The van der Waals surface area contributed by atoms with Crippen LogP contribution in [0.3, 0.4) is 0 Å². The second-order valence-corrected chi connectivity index (χ2v) is 4.37. The third-order valence-corrected chi connectivity index (χ3v) is 3.01. The van der Waals surface area contributed by atoms with E-state index in [-0.39, 0.29) is 18.3 Å². The Morgan fingerprint density at radius 3 is 3.00 bits per heavy atom. The Bertz CT molecular complexity index is 258. The summed E-state index contributed by atoms with van der Waals surface area (Å²) in [7, 11) is 0. The average molecular weight is 248 g/mol. The highest BCUT2D eigenvalue weighted by Gasteiger charge is 2.25. The third kappa shape index (κ3) is 4.00. The highest BCUT2D eigenvalue weighted by atomic mass is 35.5. The van der Waals surface area contributed by atoms with E-state index in [1.807, 2.05) is 0 Å². The highest BCUT2D eigenvalue weighted by Crippen LogP contribution is 2.16. The van der Waals surface area contributed by atoms with Gasteiger partial charge in [-0.1, -0.05) is 0 Å². The lowest BCUT2D eigenvalue weighted by atomic mass is 10.2. The molecule has 0 aromatic carbocycles. The lowest BCUT2D eigenvalue weighted by Crippen LogP contribution is -2.37. The van der Waals surface area contributed by atoms with E-state index in [0.717, 1.165) is 19.3 Å². The number of carbonyl (C=O) groups is 2. The molecular formula is C11H18ClNO3. The van der Waals surface area contributed by atoms with Crippen molar-refractivity contribution in [3.05, 3.63) is 0 Å². The van der Waals surface area contributed by atoms with Crippen LogP contribution in [-0.4, -0.2) is 41.8 Å². The van der Waals surface area contributed by atoms with Gasteiger partial charge in [0.15, 0.2) is 0 Å². The van der Waals surface area contributed by atoms with Gasteiger partial charge in [-0.05, 0) is 26.2 Å². The Morgan fingerprint density at radius 1 is 1.56 bits per heavy atom. The molecule has 0 spiro atoms. The van der Waals surface area contributed by atoms with E-state index >= 15 is 0 Å². The van der Waals surface area contributed by atoms with Crippen LogP contribution >= 0.6 is 11.6 Å². The topological polar surface area (TPSA) is 46.6 Å². The van der Waals surface area contributed by atoms with Gasteiger partial charge in [0.1, 0.15) is 5.38 Å². The number of halogens is 1. The molecule has 1 saturated heterocycles. The number of carbonyl (C=O) groups excluding carboxylic acids is 2. The van der Waals surface area contributed by atoms with Crippen molar-refractivity contribution in [2.75, 3.05) is 19.7 Å². The van der Waals surface area contributed by atoms with Crippen LogP contribution in [0.2, 0.25) is 0 Å². The number of ether oxygens (including phenoxy) is 1. The molecular weight excluding hydrogens is 230 g/mol. The number of alkyl halides is 1. The van der Waals surface area contributed by atoms with Gasteiger partial charge in [0, 0.05) is 13.1 Å². The first-order valence-corrected chi connectivity index (χ1v) is 6.17. The molecule has 1 rings (SSSR count). The first-order chi connectivity index (χ1) is 7.65. The number of likely N-dealkylation sites (tertiary alicyclic amines) is 1. The zero-order valence-corrected chi connectivity index (χ0v) is 10.3. The van der Waals surface area contributed by atoms with Gasteiger partial charge in [0.05, 0.1) is 13.0 Å². The van der Waals surface area contributed by atoms with Gasteiger partial charge in [0.25, 0.3) is 0 Å². The lowest BCUT2D eigenvalue weighted by molar-refractivity contribution is -0.144. The van der Waals surface area contributed by atoms with Crippen LogP contribution in [0.5, 0.6) is 0 Å². The number of esters is 1. The molecule has 4 nitrogen and oxygen atoms in total. The monoisotopic (exact) mass is 247 g/mol. The van der Waals surface area contributed by atoms with E-state index in [1.54, 1.807) is 11.8 Å². The summed E-state index contributed by atoms with van der Waals surface area (Å²) in [6, 6.07) is 0. The third-order valence-electron chi connectivity index (χ3n) is 2.61. The molecule has 0 saturated carbocycles. The minimum Gasteiger partial charge on any atom is -0.466 e. The first kappa shape index (κ1) is 13.3. The normalized spacial score (nSPS) is 21.8. The number of hydrogen-bond acceptors (Lipinski definition) is 3. The van der Waals surface area contributed by atoms with Gasteiger partial charge in [-0.2, -0.15) is 0 Å². The fourth-order valence-corrected chi connectivity index (χ4v) is 2.03. The van der Waals surface area contributed by atoms with E-state index in [4.69, 9.17) is 16.3 Å². The first-order valence-electron chi connectivity index (χ1n) is 5.73. The van der Waals surface area contributed by atoms with Gasteiger partial charge in [-0.3, -0.25) is 9.59 Å². The Morgan fingerprint density at radius 2 is 2.31 bits per heavy atom. The van der Waals surface area contributed by atoms with E-state index in [9.17, 15) is 9.59 Å². The SMILES string of the molecule is CCOC(=O)CCN1CCCCC(Cl)C1=O. The van der Waals surface area contributed by atoms with Crippen LogP contribution in [0.15, 0.2) is 0 Å². The van der Waals surface area contributed by atoms with Crippen molar-refractivity contribution < 1.29 is 14.3 Å². The zero-order valence-electron chi connectivity index (χ0n) is 9.58. The number of amides is 1. The minimum absolute atomic E-state index is 0.0523. The minimum atomic E-state index is -0.426. The zero-order chi connectivity index (χ0) is 12.0. The number of nitrogens with zero attached hydrogens (tertiary/aromatic N) is 1. The summed E-state index contributed by atoms with van der Waals surface area (Å²) in [5, 5.41) is -0.426. The molecule has 1 aliphatic heterocycles. The summed E-state index contributed by atoms with van der Waals surface area (Å²) in [5.41, 5.74) is 0. The van der Waals surface area contributed by atoms with Gasteiger partial charge < -0.3 is 9.64 Å². The molecule has 1 amide bonds. The van der Waals surface area contributed by atoms with Crippen molar-refractivity contribution in [1.29, 1.82) is 0 Å². The average Bonchev–Trinajstić information content (AvgIpc) is 2.41. The van der Waals surface area contributed by atoms with Crippen LogP contribution in [0, 0.1) is 0 Å². The van der Waals surface area contributed by atoms with Crippen LogP contribution in [0.25, 0.3) is 0 Å². The summed E-state index contributed by atoms with van der Waals surface area (Å²) in [6.07, 6.45) is 2.91. The maximum Gasteiger partial charge on any atom is 0.307 e. The molecule has 0 radical (unpaired) electrons. The number of hydrogen-bond donors (Lipinski definition) is 0. The molecule has 1 atom stereocenters. The highest BCUT2D eigenvalue weighted by molar-refractivity contribution is 6.30. The quantitative estimate of drug-likeness (QED) is 0.560. The van der Waals surface area contributed by atoms with Crippen LogP contribution in [-0.2, 0) is 14.3 Å². The summed E-state index contributed by atoms with van der Waals surface area (Å²) >= 11 is 5.94. The largest absolute Gasteiger partial charge is 0.466 e. The van der Waals surface area contributed by atoms with Gasteiger partial charge in [-0.15, -0.1) is 11.6 Å². The molecule has 0 aliphatic carbocycles. The van der Waals surface area contributed by atoms with Crippen molar-refractivity contribution >= 4 is 23.5 Å². The summed E-state index contributed by atoms with van der Waals surface area (Å²) in [4.78, 5) is 24.6. The van der Waals surface area contributed by atoms with Crippen molar-refractivity contribution in [1.82, 2.24) is 4.90 Å². The van der Waals surface area contributed by atoms with Crippen LogP contribution in [0.1, 0.15) is 32.6 Å². The molecule has 92 valence electrons. The van der Waals surface area contributed by atoms with Crippen LogP contribution in [0.4, 0.5) is 0 Å². The molecule has 1 aliphatic rings. The molecule has 0 bridgehead atoms. The van der Waals surface area contributed by atoms with Crippen molar-refractivity contribution in [2.45, 2.75) is 38.0 Å². The molecule has 0 aromatic heterocycles. The molecule has 5 heteroatoms. The number of rotatable bonds is 4. The van der Waals surface area contributed by atoms with Gasteiger partial charge in [0.2, 0.25) is 5.91 Å². The smallest absolute Gasteiger partial charge is 0.307 e. The van der Waals surface area contributed by atoms with E-state index in [2.05, 4.69) is 0 Å². The van der Waals surface area contributed by atoms with Crippen molar-refractivity contribution in [3.8, 4) is 0 Å². The summed E-state index contributed by atoms with van der Waals surface area (Å²) in [6.45, 7) is 3.26. The van der Waals surface area contributed by atoms with Gasteiger partial charge >= 0.3 is 5.97 Å². The maximum atomic E-state index is 11.8. The fraction of sp³-hybridized carbons (Fsp3) is 0.818. The molecule has 0 N–H and O–H groups in total. The Hall–Kier alpha value is -0.770. The van der Waals surface area contributed by atoms with E-state index in [0.29, 0.717) is 19.7 Å². The van der Waals surface area contributed by atoms with Crippen LogP contribution < -0.4 is 0 Å². The van der Waals surface area contributed by atoms with E-state index < -0.39 is 5.38 Å². The van der Waals surface area contributed by atoms with Crippen molar-refractivity contribution in [2.24, 2.45) is 0 Å². The summed E-state index contributed by atoms with van der Waals surface area (Å²) < 4.78 is 4.82. The van der Waals surface area contributed by atoms with E-state index in [1.165, 1.54) is 0 Å². The van der Waals surface area contributed by atoms with Gasteiger partial charge in [-0.25, -0.2) is 0 Å². The lowest BCUT2D eigenvalue weighted by Gasteiger charge is -2.21. The second kappa shape index (κ2) is 6.74. The predicted molar refractivity (Wildman–Crippen MR) is 61.3 cm³/mol. The molecule has 1 heterocycles. The predicted octanol–water partition coefficient (Wildman–Crippen LogP) is 1.56. The molecule has 1 unspecified atom stereocenters. The molecule has 1 fully saturated rings. The Balaban J connectivity index is 2.39. The van der Waals surface area contributed by atoms with Crippen molar-refractivity contribution in [3.63, 3.8) is 0 Å². The Labute approximate surface area is 101 Å². The maximum absolute atomic E-state index is 11.8.